The van der Waals surface area contributed by atoms with Gasteiger partial charge in [0.15, 0.2) is 0 Å². The number of carbonyl (C=O) groups excluding carboxylic acids is 2. The SMILES string of the molecule is NC(=O)C1CCCN(CCNC(=O)c2ccc(Cn3cnnn3)cc2)C1. The first-order valence-electron chi connectivity index (χ1n) is 8.71. The molecule has 3 N–H and O–H groups in total. The average molecular weight is 357 g/mol. The summed E-state index contributed by atoms with van der Waals surface area (Å²) in [6.07, 6.45) is 3.36. The number of nitrogens with zero attached hydrogens (tertiary/aromatic N) is 5. The van der Waals surface area contributed by atoms with Gasteiger partial charge < -0.3 is 16.0 Å². The minimum absolute atomic E-state index is 0.0767. The molecule has 1 aliphatic heterocycles. The summed E-state index contributed by atoms with van der Waals surface area (Å²) in [7, 11) is 0. The largest absolute Gasteiger partial charge is 0.369 e. The van der Waals surface area contributed by atoms with Gasteiger partial charge in [-0.05, 0) is 47.5 Å². The average Bonchev–Trinajstić information content (AvgIpc) is 3.15. The Labute approximate surface area is 151 Å². The van der Waals surface area contributed by atoms with Crippen molar-refractivity contribution in [2.45, 2.75) is 19.4 Å². The fraction of sp³-hybridized carbons (Fsp3) is 0.471. The number of benzene rings is 1. The third-order valence-electron chi connectivity index (χ3n) is 4.57. The molecule has 0 saturated carbocycles. The number of likely N-dealkylation sites (tertiary alicyclic amines) is 1. The minimum Gasteiger partial charge on any atom is -0.369 e. The third kappa shape index (κ3) is 4.85. The lowest BCUT2D eigenvalue weighted by molar-refractivity contribution is -0.123. The van der Waals surface area contributed by atoms with Gasteiger partial charge in [0.05, 0.1) is 12.5 Å². The summed E-state index contributed by atoms with van der Waals surface area (Å²) in [6, 6.07) is 7.36. The molecule has 9 nitrogen and oxygen atoms in total. The maximum atomic E-state index is 12.2. The second-order valence-electron chi connectivity index (χ2n) is 6.50. The Morgan fingerprint density at radius 1 is 1.27 bits per heavy atom. The number of aromatic nitrogens is 4. The van der Waals surface area contributed by atoms with E-state index in [-0.39, 0.29) is 17.7 Å². The molecule has 0 aliphatic carbocycles. The predicted molar refractivity (Wildman–Crippen MR) is 94.1 cm³/mol. The first kappa shape index (κ1) is 18.0. The highest BCUT2D eigenvalue weighted by molar-refractivity contribution is 5.94. The quantitative estimate of drug-likeness (QED) is 0.699. The molecule has 1 aromatic heterocycles. The molecule has 2 amide bonds. The Balaban J connectivity index is 1.44. The van der Waals surface area contributed by atoms with Crippen LogP contribution in [0.5, 0.6) is 0 Å². The van der Waals surface area contributed by atoms with E-state index >= 15 is 0 Å². The molecule has 1 fully saturated rings. The van der Waals surface area contributed by atoms with E-state index in [2.05, 4.69) is 25.7 Å². The van der Waals surface area contributed by atoms with Crippen LogP contribution >= 0.6 is 0 Å². The second-order valence-corrected chi connectivity index (χ2v) is 6.50. The van der Waals surface area contributed by atoms with Crippen molar-refractivity contribution < 1.29 is 9.59 Å². The molecule has 26 heavy (non-hydrogen) atoms. The van der Waals surface area contributed by atoms with Crippen molar-refractivity contribution in [3.05, 3.63) is 41.7 Å². The summed E-state index contributed by atoms with van der Waals surface area (Å²) >= 11 is 0. The normalized spacial score (nSPS) is 17.8. The molecular weight excluding hydrogens is 334 g/mol. The van der Waals surface area contributed by atoms with Crippen LogP contribution in [0.1, 0.15) is 28.8 Å². The number of primary amides is 1. The van der Waals surface area contributed by atoms with Gasteiger partial charge in [0.2, 0.25) is 5.91 Å². The summed E-state index contributed by atoms with van der Waals surface area (Å²) in [5.41, 5.74) is 7.01. The van der Waals surface area contributed by atoms with Crippen molar-refractivity contribution in [2.75, 3.05) is 26.2 Å². The molecule has 3 rings (SSSR count). The van der Waals surface area contributed by atoms with Crippen LogP contribution in [0.4, 0.5) is 0 Å². The van der Waals surface area contributed by atoms with Gasteiger partial charge in [0.1, 0.15) is 6.33 Å². The van der Waals surface area contributed by atoms with Gasteiger partial charge >= 0.3 is 0 Å². The van der Waals surface area contributed by atoms with Gasteiger partial charge in [-0.15, -0.1) is 5.10 Å². The zero-order valence-electron chi connectivity index (χ0n) is 14.5. The van der Waals surface area contributed by atoms with E-state index in [9.17, 15) is 9.59 Å². The number of piperidine rings is 1. The molecule has 1 saturated heterocycles. The molecule has 2 heterocycles. The highest BCUT2D eigenvalue weighted by atomic mass is 16.2. The van der Waals surface area contributed by atoms with E-state index in [4.69, 9.17) is 5.73 Å². The fourth-order valence-electron chi connectivity index (χ4n) is 3.12. The van der Waals surface area contributed by atoms with Crippen molar-refractivity contribution in [2.24, 2.45) is 11.7 Å². The monoisotopic (exact) mass is 357 g/mol. The van der Waals surface area contributed by atoms with E-state index in [0.717, 1.165) is 24.9 Å². The van der Waals surface area contributed by atoms with Gasteiger partial charge in [-0.2, -0.15) is 0 Å². The van der Waals surface area contributed by atoms with Crippen molar-refractivity contribution >= 4 is 11.8 Å². The number of nitrogens with one attached hydrogen (secondary N) is 1. The van der Waals surface area contributed by atoms with E-state index in [1.165, 1.54) is 0 Å². The lowest BCUT2D eigenvalue weighted by Gasteiger charge is -2.31. The first-order chi connectivity index (χ1) is 12.6. The Hall–Kier alpha value is -2.81. The Bertz CT molecular complexity index is 730. The number of nitrogens with two attached hydrogens (primary N) is 1. The highest BCUT2D eigenvalue weighted by Crippen LogP contribution is 2.15. The van der Waals surface area contributed by atoms with E-state index in [0.29, 0.717) is 31.7 Å². The van der Waals surface area contributed by atoms with Crippen molar-refractivity contribution in [1.29, 1.82) is 0 Å². The van der Waals surface area contributed by atoms with Crippen LogP contribution in [0.25, 0.3) is 0 Å². The van der Waals surface area contributed by atoms with E-state index < -0.39 is 0 Å². The first-order valence-corrected chi connectivity index (χ1v) is 8.71. The van der Waals surface area contributed by atoms with Crippen molar-refractivity contribution in [3.63, 3.8) is 0 Å². The van der Waals surface area contributed by atoms with Gasteiger partial charge in [-0.25, -0.2) is 4.68 Å². The van der Waals surface area contributed by atoms with Crippen LogP contribution in [0, 0.1) is 5.92 Å². The summed E-state index contributed by atoms with van der Waals surface area (Å²) in [4.78, 5) is 25.7. The maximum Gasteiger partial charge on any atom is 0.251 e. The molecule has 0 bridgehead atoms. The van der Waals surface area contributed by atoms with E-state index in [1.807, 2.05) is 12.1 Å². The van der Waals surface area contributed by atoms with Gasteiger partial charge in [-0.1, -0.05) is 12.1 Å². The lowest BCUT2D eigenvalue weighted by atomic mass is 9.97. The molecule has 138 valence electrons. The number of hydrogen-bond donors (Lipinski definition) is 2. The highest BCUT2D eigenvalue weighted by Gasteiger charge is 2.23. The lowest BCUT2D eigenvalue weighted by Crippen LogP contribution is -2.44. The van der Waals surface area contributed by atoms with Crippen molar-refractivity contribution in [1.82, 2.24) is 30.4 Å². The van der Waals surface area contributed by atoms with Gasteiger partial charge in [0, 0.05) is 25.2 Å². The minimum atomic E-state index is -0.236. The van der Waals surface area contributed by atoms with Crippen LogP contribution in [-0.4, -0.2) is 63.1 Å². The summed E-state index contributed by atoms with van der Waals surface area (Å²) in [6.45, 7) is 3.43. The molecular formula is C17H23N7O2. The van der Waals surface area contributed by atoms with Crippen molar-refractivity contribution in [3.8, 4) is 0 Å². The number of tetrazole rings is 1. The second kappa shape index (κ2) is 8.52. The Kier molecular flexibility index (Phi) is 5.90. The molecule has 0 spiro atoms. The van der Waals surface area contributed by atoms with Crippen LogP contribution in [-0.2, 0) is 11.3 Å². The fourth-order valence-corrected chi connectivity index (χ4v) is 3.12. The smallest absolute Gasteiger partial charge is 0.251 e. The summed E-state index contributed by atoms with van der Waals surface area (Å²) in [5.74, 6) is -0.421. The molecule has 1 aliphatic rings. The Morgan fingerprint density at radius 3 is 2.77 bits per heavy atom. The van der Waals surface area contributed by atoms with Gasteiger partial charge in [0.25, 0.3) is 5.91 Å². The molecule has 0 radical (unpaired) electrons. The predicted octanol–water partition coefficient (Wildman–Crippen LogP) is -0.351. The summed E-state index contributed by atoms with van der Waals surface area (Å²) < 4.78 is 1.62. The number of amides is 2. The molecule has 1 unspecified atom stereocenters. The molecule has 1 aromatic carbocycles. The molecule has 9 heteroatoms. The zero-order valence-corrected chi connectivity index (χ0v) is 14.5. The third-order valence-corrected chi connectivity index (χ3v) is 4.57. The number of hydrogen-bond acceptors (Lipinski definition) is 6. The van der Waals surface area contributed by atoms with Crippen LogP contribution in [0.15, 0.2) is 30.6 Å². The number of rotatable bonds is 7. The van der Waals surface area contributed by atoms with Crippen LogP contribution in [0.2, 0.25) is 0 Å². The van der Waals surface area contributed by atoms with Gasteiger partial charge in [-0.3, -0.25) is 9.59 Å². The standard InChI is InChI=1S/C17H23N7O2/c18-16(25)15-2-1-8-23(11-15)9-7-19-17(26)14-5-3-13(4-6-14)10-24-12-20-21-22-24/h3-6,12,15H,1-2,7-11H2,(H2,18,25)(H,19,26). The molecule has 2 aromatic rings. The van der Waals surface area contributed by atoms with Crippen LogP contribution in [0.3, 0.4) is 0 Å². The van der Waals surface area contributed by atoms with Crippen LogP contribution < -0.4 is 11.1 Å². The summed E-state index contributed by atoms with van der Waals surface area (Å²) in [5, 5.41) is 13.9. The number of carbonyl (C=O) groups is 2. The van der Waals surface area contributed by atoms with E-state index in [1.54, 1.807) is 23.1 Å². The maximum absolute atomic E-state index is 12.2. The Morgan fingerprint density at radius 2 is 2.08 bits per heavy atom. The molecule has 1 atom stereocenters. The zero-order chi connectivity index (χ0) is 18.4. The topological polar surface area (TPSA) is 119 Å².